The molecule has 0 amide bonds. The maximum atomic E-state index is 9.76. The fourth-order valence-corrected chi connectivity index (χ4v) is 2.33. The summed E-state index contributed by atoms with van der Waals surface area (Å²) in [6, 6.07) is 13.4. The van der Waals surface area contributed by atoms with Crippen molar-refractivity contribution < 1.29 is 14.6 Å². The number of hydrogen-bond acceptors (Lipinski definition) is 4. The Morgan fingerprint density at radius 2 is 1.81 bits per heavy atom. The van der Waals surface area contributed by atoms with E-state index in [1.54, 1.807) is 14.2 Å². The Balaban J connectivity index is 2.36. The van der Waals surface area contributed by atoms with Crippen molar-refractivity contribution in [3.63, 3.8) is 0 Å². The maximum absolute atomic E-state index is 9.76. The molecule has 0 heterocycles. The van der Waals surface area contributed by atoms with Crippen molar-refractivity contribution in [3.05, 3.63) is 53.6 Å². The van der Waals surface area contributed by atoms with E-state index in [2.05, 4.69) is 5.32 Å². The average molecular weight is 287 g/mol. The summed E-state index contributed by atoms with van der Waals surface area (Å²) < 4.78 is 10.8. The molecule has 1 unspecified atom stereocenters. The van der Waals surface area contributed by atoms with E-state index in [4.69, 9.17) is 9.47 Å². The van der Waals surface area contributed by atoms with E-state index < -0.39 is 0 Å². The molecule has 0 aliphatic carbocycles. The van der Waals surface area contributed by atoms with Crippen LogP contribution in [0.15, 0.2) is 42.5 Å². The molecule has 112 valence electrons. The highest BCUT2D eigenvalue weighted by Gasteiger charge is 2.18. The molecule has 0 radical (unpaired) electrons. The first-order valence-electron chi connectivity index (χ1n) is 6.85. The second-order valence-electron chi connectivity index (χ2n) is 4.78. The molecule has 0 saturated carbocycles. The van der Waals surface area contributed by atoms with E-state index >= 15 is 0 Å². The number of para-hydroxylation sites is 2. The molecule has 2 aromatic carbocycles. The van der Waals surface area contributed by atoms with Gasteiger partial charge in [-0.1, -0.05) is 30.3 Å². The smallest absolute Gasteiger partial charge is 0.166 e. The third-order valence-corrected chi connectivity index (χ3v) is 3.47. The Morgan fingerprint density at radius 3 is 2.43 bits per heavy atom. The molecule has 0 aliphatic heterocycles. The second-order valence-corrected chi connectivity index (χ2v) is 4.78. The van der Waals surface area contributed by atoms with Gasteiger partial charge in [-0.2, -0.15) is 0 Å². The van der Waals surface area contributed by atoms with Gasteiger partial charge >= 0.3 is 0 Å². The first kappa shape index (κ1) is 15.2. The molecule has 21 heavy (non-hydrogen) atoms. The first-order valence-corrected chi connectivity index (χ1v) is 6.85. The third kappa shape index (κ3) is 3.28. The van der Waals surface area contributed by atoms with Gasteiger partial charge in [-0.05, 0) is 24.6 Å². The van der Waals surface area contributed by atoms with Gasteiger partial charge in [-0.15, -0.1) is 0 Å². The lowest BCUT2D eigenvalue weighted by Crippen LogP contribution is -2.16. The molecule has 0 saturated heterocycles. The van der Waals surface area contributed by atoms with Gasteiger partial charge in [0.1, 0.15) is 0 Å². The standard InChI is InChI=1S/C17H21NO3/c1-12-7-4-5-9-14(12)18-15(11-19)13-8-6-10-16(20-2)17(13)21-3/h4-10,15,18-19H,11H2,1-3H3. The molecule has 2 aromatic rings. The summed E-state index contributed by atoms with van der Waals surface area (Å²) in [4.78, 5) is 0. The van der Waals surface area contributed by atoms with Crippen molar-refractivity contribution in [2.75, 3.05) is 26.1 Å². The Bertz CT molecular complexity index is 598. The van der Waals surface area contributed by atoms with E-state index in [1.165, 1.54) is 0 Å². The molecule has 1 atom stereocenters. The molecule has 0 spiro atoms. The normalized spacial score (nSPS) is 11.8. The quantitative estimate of drug-likeness (QED) is 0.857. The molecular formula is C17H21NO3. The van der Waals surface area contributed by atoms with Crippen LogP contribution in [0.5, 0.6) is 11.5 Å². The first-order chi connectivity index (χ1) is 10.2. The minimum atomic E-state index is -0.267. The minimum absolute atomic E-state index is 0.0438. The number of ether oxygens (including phenoxy) is 2. The topological polar surface area (TPSA) is 50.7 Å². The number of rotatable bonds is 6. The van der Waals surface area contributed by atoms with Crippen LogP contribution in [0.4, 0.5) is 5.69 Å². The van der Waals surface area contributed by atoms with Crippen molar-refractivity contribution >= 4 is 5.69 Å². The van der Waals surface area contributed by atoms with Crippen LogP contribution >= 0.6 is 0 Å². The van der Waals surface area contributed by atoms with Gasteiger partial charge in [0.05, 0.1) is 26.9 Å². The predicted molar refractivity (Wildman–Crippen MR) is 84.2 cm³/mol. The van der Waals surface area contributed by atoms with Gasteiger partial charge < -0.3 is 19.9 Å². The van der Waals surface area contributed by atoms with E-state index in [9.17, 15) is 5.11 Å². The summed E-state index contributed by atoms with van der Waals surface area (Å²) in [6.07, 6.45) is 0. The highest BCUT2D eigenvalue weighted by atomic mass is 16.5. The predicted octanol–water partition coefficient (Wildman–Crippen LogP) is 3.16. The summed E-state index contributed by atoms with van der Waals surface area (Å²) in [5.74, 6) is 1.29. The van der Waals surface area contributed by atoms with E-state index in [0.717, 1.165) is 16.8 Å². The monoisotopic (exact) mass is 287 g/mol. The zero-order valence-electron chi connectivity index (χ0n) is 12.6. The molecule has 0 fully saturated rings. The van der Waals surface area contributed by atoms with Crippen molar-refractivity contribution in [1.82, 2.24) is 0 Å². The van der Waals surface area contributed by atoms with Crippen LogP contribution < -0.4 is 14.8 Å². The zero-order chi connectivity index (χ0) is 15.2. The number of hydrogen-bond donors (Lipinski definition) is 2. The number of methoxy groups -OCH3 is 2. The summed E-state index contributed by atoms with van der Waals surface area (Å²) in [5, 5.41) is 13.1. The Hall–Kier alpha value is -2.20. The van der Waals surface area contributed by atoms with Gasteiger partial charge in [0.25, 0.3) is 0 Å². The molecule has 0 aliphatic rings. The molecule has 0 bridgehead atoms. The SMILES string of the molecule is COc1cccc(C(CO)Nc2ccccc2C)c1OC. The molecular weight excluding hydrogens is 266 g/mol. The summed E-state index contributed by atoms with van der Waals surface area (Å²) >= 11 is 0. The minimum Gasteiger partial charge on any atom is -0.493 e. The summed E-state index contributed by atoms with van der Waals surface area (Å²) in [7, 11) is 3.20. The van der Waals surface area contributed by atoms with Crippen LogP contribution in [0, 0.1) is 6.92 Å². The number of aliphatic hydroxyl groups is 1. The largest absolute Gasteiger partial charge is 0.493 e. The fourth-order valence-electron chi connectivity index (χ4n) is 2.33. The number of anilines is 1. The van der Waals surface area contributed by atoms with Gasteiger partial charge in [-0.25, -0.2) is 0 Å². The van der Waals surface area contributed by atoms with E-state index in [1.807, 2.05) is 49.4 Å². The molecule has 2 N–H and O–H groups in total. The van der Waals surface area contributed by atoms with Crippen LogP contribution in [0.25, 0.3) is 0 Å². The van der Waals surface area contributed by atoms with Crippen molar-refractivity contribution in [2.45, 2.75) is 13.0 Å². The number of nitrogens with one attached hydrogen (secondary N) is 1. The van der Waals surface area contributed by atoms with Gasteiger partial charge in [0, 0.05) is 11.3 Å². The number of benzene rings is 2. The number of aryl methyl sites for hydroxylation is 1. The van der Waals surface area contributed by atoms with Crippen LogP contribution in [-0.2, 0) is 0 Å². The molecule has 2 rings (SSSR count). The molecule has 4 nitrogen and oxygen atoms in total. The number of aliphatic hydroxyl groups excluding tert-OH is 1. The van der Waals surface area contributed by atoms with Crippen molar-refractivity contribution in [1.29, 1.82) is 0 Å². The molecule has 0 aromatic heterocycles. The molecule has 4 heteroatoms. The van der Waals surface area contributed by atoms with Gasteiger partial charge in [0.2, 0.25) is 0 Å². The second kappa shape index (κ2) is 6.99. The average Bonchev–Trinajstić information content (AvgIpc) is 2.53. The van der Waals surface area contributed by atoms with Crippen molar-refractivity contribution in [2.24, 2.45) is 0 Å². The Labute approximate surface area is 125 Å². The summed E-state index contributed by atoms with van der Waals surface area (Å²) in [6.45, 7) is 1.98. The Kier molecular flexibility index (Phi) is 5.06. The lowest BCUT2D eigenvalue weighted by Gasteiger charge is -2.22. The van der Waals surface area contributed by atoms with E-state index in [-0.39, 0.29) is 12.6 Å². The van der Waals surface area contributed by atoms with Crippen LogP contribution in [0.2, 0.25) is 0 Å². The van der Waals surface area contributed by atoms with E-state index in [0.29, 0.717) is 11.5 Å². The van der Waals surface area contributed by atoms with Crippen LogP contribution in [0.3, 0.4) is 0 Å². The highest BCUT2D eigenvalue weighted by Crippen LogP contribution is 2.36. The summed E-state index contributed by atoms with van der Waals surface area (Å²) in [5.41, 5.74) is 2.97. The van der Waals surface area contributed by atoms with Crippen molar-refractivity contribution in [3.8, 4) is 11.5 Å². The lowest BCUT2D eigenvalue weighted by atomic mass is 10.0. The van der Waals surface area contributed by atoms with Crippen LogP contribution in [-0.4, -0.2) is 25.9 Å². The third-order valence-electron chi connectivity index (χ3n) is 3.47. The Morgan fingerprint density at radius 1 is 1.05 bits per heavy atom. The highest BCUT2D eigenvalue weighted by molar-refractivity contribution is 5.55. The lowest BCUT2D eigenvalue weighted by molar-refractivity contribution is 0.271. The zero-order valence-corrected chi connectivity index (χ0v) is 12.6. The van der Waals surface area contributed by atoms with Gasteiger partial charge in [0.15, 0.2) is 11.5 Å². The maximum Gasteiger partial charge on any atom is 0.166 e. The fraction of sp³-hybridized carbons (Fsp3) is 0.294. The van der Waals surface area contributed by atoms with Crippen LogP contribution in [0.1, 0.15) is 17.2 Å². The van der Waals surface area contributed by atoms with Gasteiger partial charge in [-0.3, -0.25) is 0 Å².